The zero-order chi connectivity index (χ0) is 20.1. The lowest BCUT2D eigenvalue weighted by Crippen LogP contribution is -2.52. The number of hydrogen-bond donors (Lipinski definition) is 2. The van der Waals surface area contributed by atoms with Crippen LogP contribution in [0.2, 0.25) is 0 Å². The maximum Gasteiger partial charge on any atom is 0.194 e. The van der Waals surface area contributed by atoms with Gasteiger partial charge in [-0.3, -0.25) is 4.99 Å². The third kappa shape index (κ3) is 5.06. The average molecular weight is 518 g/mol. The number of piperazine rings is 1. The minimum Gasteiger partial charge on any atom is -0.361 e. The highest BCUT2D eigenvalue weighted by Crippen LogP contribution is 2.21. The Bertz CT molecular complexity index is 960. The number of rotatable bonds is 5. The van der Waals surface area contributed by atoms with E-state index in [1.54, 1.807) is 0 Å². The molecular weight excluding hydrogens is 487 g/mol. The fraction of sp³-hybridized carbons (Fsp3) is 0.391. The zero-order valence-corrected chi connectivity index (χ0v) is 20.1. The fourth-order valence-corrected chi connectivity index (χ4v) is 3.97. The van der Waals surface area contributed by atoms with Crippen LogP contribution < -0.4 is 10.2 Å². The Labute approximate surface area is 195 Å². The van der Waals surface area contributed by atoms with Gasteiger partial charge in [-0.15, -0.1) is 24.0 Å². The van der Waals surface area contributed by atoms with E-state index in [9.17, 15) is 0 Å². The predicted molar refractivity (Wildman–Crippen MR) is 136 cm³/mol. The molecule has 0 bridgehead atoms. The van der Waals surface area contributed by atoms with Crippen molar-refractivity contribution in [2.24, 2.45) is 4.99 Å². The van der Waals surface area contributed by atoms with Crippen LogP contribution in [0.25, 0.3) is 10.9 Å². The summed E-state index contributed by atoms with van der Waals surface area (Å²) in [4.78, 5) is 17.5. The van der Waals surface area contributed by atoms with Crippen molar-refractivity contribution >= 4 is 46.7 Å². The molecule has 0 amide bonds. The Kier molecular flexibility index (Phi) is 7.95. The molecule has 1 fully saturated rings. The Balaban J connectivity index is 0.00000256. The molecule has 4 rings (SSSR count). The first-order valence-corrected chi connectivity index (χ1v) is 10.5. The van der Waals surface area contributed by atoms with Crippen LogP contribution in [-0.2, 0) is 6.42 Å². The predicted octanol–water partition coefficient (Wildman–Crippen LogP) is 3.82. The Hall–Kier alpha value is -2.29. The number of nitrogens with one attached hydrogen (secondary N) is 2. The van der Waals surface area contributed by atoms with Crippen molar-refractivity contribution < 1.29 is 0 Å². The average Bonchev–Trinajstić information content (AvgIpc) is 3.18. The quantitative estimate of drug-likeness (QED) is 0.307. The molecule has 30 heavy (non-hydrogen) atoms. The van der Waals surface area contributed by atoms with Gasteiger partial charge in [-0.05, 0) is 43.5 Å². The first-order chi connectivity index (χ1) is 14.3. The molecule has 160 valence electrons. The van der Waals surface area contributed by atoms with Crippen molar-refractivity contribution in [1.29, 1.82) is 0 Å². The monoisotopic (exact) mass is 518 g/mol. The maximum atomic E-state index is 4.92. The summed E-state index contributed by atoms with van der Waals surface area (Å²) < 4.78 is 0. The van der Waals surface area contributed by atoms with E-state index in [-0.39, 0.29) is 24.0 Å². The Morgan fingerprint density at radius 2 is 1.97 bits per heavy atom. The maximum absolute atomic E-state index is 4.92. The highest BCUT2D eigenvalue weighted by molar-refractivity contribution is 14.0. The van der Waals surface area contributed by atoms with Crippen LogP contribution in [0.15, 0.2) is 53.8 Å². The number of benzene rings is 1. The molecule has 2 aromatic heterocycles. The topological polar surface area (TPSA) is 59.6 Å². The summed E-state index contributed by atoms with van der Waals surface area (Å²) in [5.41, 5.74) is 3.86. The van der Waals surface area contributed by atoms with Gasteiger partial charge in [0.2, 0.25) is 0 Å². The second-order valence-electron chi connectivity index (χ2n) is 7.46. The molecule has 3 aromatic rings. The lowest BCUT2D eigenvalue weighted by Gasteiger charge is -2.37. The Morgan fingerprint density at radius 3 is 2.70 bits per heavy atom. The number of hydrogen-bond acceptors (Lipinski definition) is 3. The number of H-pyrrole nitrogens is 1. The van der Waals surface area contributed by atoms with Crippen molar-refractivity contribution in [2.45, 2.75) is 20.3 Å². The molecule has 7 heteroatoms. The number of halogens is 1. The van der Waals surface area contributed by atoms with Crippen LogP contribution in [0.1, 0.15) is 18.1 Å². The van der Waals surface area contributed by atoms with Crippen LogP contribution in [0.3, 0.4) is 0 Å². The minimum atomic E-state index is 0. The molecule has 6 nitrogen and oxygen atoms in total. The fourth-order valence-electron chi connectivity index (χ4n) is 3.97. The number of aromatic amines is 1. The van der Waals surface area contributed by atoms with Crippen molar-refractivity contribution in [3.05, 3.63) is 59.9 Å². The summed E-state index contributed by atoms with van der Waals surface area (Å²) in [7, 11) is 0. The second kappa shape index (κ2) is 10.7. The van der Waals surface area contributed by atoms with Crippen molar-refractivity contribution in [1.82, 2.24) is 20.2 Å². The van der Waals surface area contributed by atoms with Crippen LogP contribution in [0.5, 0.6) is 0 Å². The third-order valence-corrected chi connectivity index (χ3v) is 5.54. The van der Waals surface area contributed by atoms with E-state index in [2.05, 4.69) is 69.4 Å². The van der Waals surface area contributed by atoms with E-state index in [1.807, 2.05) is 18.3 Å². The lowest BCUT2D eigenvalue weighted by atomic mass is 10.1. The molecule has 0 atom stereocenters. The number of aromatic nitrogens is 2. The summed E-state index contributed by atoms with van der Waals surface area (Å²) in [6.07, 6.45) is 4.93. The van der Waals surface area contributed by atoms with Gasteiger partial charge in [-0.25, -0.2) is 4.98 Å². The zero-order valence-electron chi connectivity index (χ0n) is 17.8. The van der Waals surface area contributed by atoms with Crippen LogP contribution >= 0.6 is 24.0 Å². The molecule has 0 spiro atoms. The molecule has 1 aliphatic heterocycles. The number of anilines is 1. The van der Waals surface area contributed by atoms with E-state index in [4.69, 9.17) is 4.99 Å². The summed E-state index contributed by atoms with van der Waals surface area (Å²) in [6, 6.07) is 12.6. The van der Waals surface area contributed by atoms with E-state index in [0.717, 1.165) is 57.5 Å². The summed E-state index contributed by atoms with van der Waals surface area (Å²) in [5, 5.41) is 4.78. The van der Waals surface area contributed by atoms with Gasteiger partial charge in [0.25, 0.3) is 0 Å². The summed E-state index contributed by atoms with van der Waals surface area (Å²) >= 11 is 0. The van der Waals surface area contributed by atoms with E-state index < -0.39 is 0 Å². The largest absolute Gasteiger partial charge is 0.361 e. The smallest absolute Gasteiger partial charge is 0.194 e. The normalized spacial score (nSPS) is 14.7. The number of fused-ring (bicyclic) bond motifs is 1. The van der Waals surface area contributed by atoms with Crippen LogP contribution in [0.4, 0.5) is 5.82 Å². The van der Waals surface area contributed by atoms with Gasteiger partial charge >= 0.3 is 0 Å². The number of para-hydroxylation sites is 1. The summed E-state index contributed by atoms with van der Waals surface area (Å²) in [5.74, 6) is 2.08. The van der Waals surface area contributed by atoms with Gasteiger partial charge < -0.3 is 20.1 Å². The molecule has 1 aromatic carbocycles. The molecular formula is C23H31IN6. The number of pyridine rings is 1. The van der Waals surface area contributed by atoms with Crippen molar-refractivity contribution in [3.8, 4) is 0 Å². The molecule has 0 aliphatic carbocycles. The van der Waals surface area contributed by atoms with Gasteiger partial charge in [0, 0.05) is 62.6 Å². The second-order valence-corrected chi connectivity index (χ2v) is 7.46. The van der Waals surface area contributed by atoms with Crippen LogP contribution in [0, 0.1) is 6.92 Å². The first-order valence-electron chi connectivity index (χ1n) is 10.5. The van der Waals surface area contributed by atoms with Crippen molar-refractivity contribution in [2.75, 3.05) is 44.2 Å². The van der Waals surface area contributed by atoms with Crippen molar-refractivity contribution in [3.63, 3.8) is 0 Å². The standard InChI is InChI=1S/C23H30N6.HI/c1-3-24-23(29-15-13-28(14-16-29)21-9-4-5-11-25-21)26-12-10-19-17-27-22-18(2)7-6-8-20(19)22;/h4-9,11,17,27H,3,10,12-16H2,1-2H3,(H,24,26);1H. The molecule has 3 heterocycles. The summed E-state index contributed by atoms with van der Waals surface area (Å²) in [6.45, 7) is 9.77. The van der Waals surface area contributed by atoms with Gasteiger partial charge in [-0.1, -0.05) is 24.3 Å². The SMILES string of the molecule is CCNC(=NCCc1c[nH]c2c(C)cccc12)N1CCN(c2ccccn2)CC1.I. The number of aliphatic imine (C=N–C) groups is 1. The van der Waals surface area contributed by atoms with E-state index in [0.29, 0.717) is 0 Å². The highest BCUT2D eigenvalue weighted by Gasteiger charge is 2.20. The molecule has 0 saturated carbocycles. The van der Waals surface area contributed by atoms with Gasteiger partial charge in [0.15, 0.2) is 5.96 Å². The minimum absolute atomic E-state index is 0. The molecule has 0 radical (unpaired) electrons. The lowest BCUT2D eigenvalue weighted by molar-refractivity contribution is 0.371. The molecule has 1 aliphatic rings. The number of guanidine groups is 1. The van der Waals surface area contributed by atoms with E-state index >= 15 is 0 Å². The van der Waals surface area contributed by atoms with Gasteiger partial charge in [0.1, 0.15) is 5.82 Å². The Morgan fingerprint density at radius 1 is 1.13 bits per heavy atom. The molecule has 2 N–H and O–H groups in total. The van der Waals surface area contributed by atoms with Crippen LogP contribution in [-0.4, -0.2) is 60.1 Å². The third-order valence-electron chi connectivity index (χ3n) is 5.54. The van der Waals surface area contributed by atoms with Gasteiger partial charge in [0.05, 0.1) is 0 Å². The number of nitrogens with zero attached hydrogens (tertiary/aromatic N) is 4. The van der Waals surface area contributed by atoms with Gasteiger partial charge in [-0.2, -0.15) is 0 Å². The highest BCUT2D eigenvalue weighted by atomic mass is 127. The molecule has 1 saturated heterocycles. The molecule has 0 unspecified atom stereocenters. The van der Waals surface area contributed by atoms with E-state index in [1.165, 1.54) is 22.0 Å². The first kappa shape index (κ1) is 22.4. The number of aryl methyl sites for hydroxylation is 1.